The lowest BCUT2D eigenvalue weighted by Gasteiger charge is -2.57. The standard InChI is InChI=1S/C12H12F12O2/c13-9(14,15)7(25,10(16,17)18)6(4-2-1-3-5-6)8(26,11(19,20)21)12(22,23)24/h25-26H,1-5H2. The third-order valence-corrected chi connectivity index (χ3v) is 4.73. The van der Waals surface area contributed by atoms with E-state index >= 15 is 0 Å². The van der Waals surface area contributed by atoms with Crippen molar-refractivity contribution in [3.63, 3.8) is 0 Å². The first-order chi connectivity index (χ1) is 11.2. The minimum atomic E-state index is -6.98. The molecule has 2 N–H and O–H groups in total. The van der Waals surface area contributed by atoms with Gasteiger partial charge in [-0.15, -0.1) is 0 Å². The van der Waals surface area contributed by atoms with Crippen LogP contribution < -0.4 is 0 Å². The summed E-state index contributed by atoms with van der Waals surface area (Å²) in [7, 11) is 0. The summed E-state index contributed by atoms with van der Waals surface area (Å²) in [6.45, 7) is 0. The van der Waals surface area contributed by atoms with Gasteiger partial charge in [-0.3, -0.25) is 0 Å². The van der Waals surface area contributed by atoms with Crippen molar-refractivity contribution in [2.75, 3.05) is 0 Å². The largest absolute Gasteiger partial charge is 0.426 e. The molecule has 0 heterocycles. The van der Waals surface area contributed by atoms with Crippen molar-refractivity contribution in [3.8, 4) is 0 Å². The molecule has 0 aromatic rings. The summed E-state index contributed by atoms with van der Waals surface area (Å²) in [5, 5.41) is 18.8. The summed E-state index contributed by atoms with van der Waals surface area (Å²) in [5.74, 6) is 0. The maximum absolute atomic E-state index is 13.1. The Bertz CT molecular complexity index is 438. The van der Waals surface area contributed by atoms with E-state index in [4.69, 9.17) is 0 Å². The maximum atomic E-state index is 13.1. The van der Waals surface area contributed by atoms with E-state index in [1.807, 2.05) is 0 Å². The number of rotatable bonds is 2. The van der Waals surface area contributed by atoms with E-state index in [-0.39, 0.29) is 6.42 Å². The first kappa shape index (κ1) is 23.1. The predicted octanol–water partition coefficient (Wildman–Crippen LogP) is 4.65. The summed E-state index contributed by atoms with van der Waals surface area (Å²) in [5.41, 5.74) is -18.0. The van der Waals surface area contributed by atoms with Crippen LogP contribution in [0.15, 0.2) is 0 Å². The van der Waals surface area contributed by atoms with Crippen LogP contribution in [0.5, 0.6) is 0 Å². The number of alkyl halides is 12. The van der Waals surface area contributed by atoms with Crippen LogP contribution in [0.2, 0.25) is 0 Å². The third-order valence-electron chi connectivity index (χ3n) is 4.73. The fraction of sp³-hybridized carbons (Fsp3) is 1.00. The molecule has 2 nitrogen and oxygen atoms in total. The Balaban J connectivity index is 4.04. The summed E-state index contributed by atoms with van der Waals surface area (Å²) in [6, 6.07) is 0. The van der Waals surface area contributed by atoms with Crippen LogP contribution in [0.1, 0.15) is 32.1 Å². The number of hydrogen-bond acceptors (Lipinski definition) is 2. The molecule has 14 heteroatoms. The van der Waals surface area contributed by atoms with Crippen molar-refractivity contribution in [1.29, 1.82) is 0 Å². The van der Waals surface area contributed by atoms with Crippen LogP contribution in [0, 0.1) is 5.41 Å². The monoisotopic (exact) mass is 416 g/mol. The van der Waals surface area contributed by atoms with Gasteiger partial charge in [-0.25, -0.2) is 0 Å². The lowest BCUT2D eigenvalue weighted by molar-refractivity contribution is -0.480. The molecule has 0 spiro atoms. The predicted molar refractivity (Wildman–Crippen MR) is 59.6 cm³/mol. The SMILES string of the molecule is OC(C(F)(F)F)(C(F)(F)F)C1(C(O)(C(F)(F)F)C(F)(F)F)CCCCC1. The van der Waals surface area contributed by atoms with Crippen molar-refractivity contribution in [3.05, 3.63) is 0 Å². The van der Waals surface area contributed by atoms with Gasteiger partial charge in [0, 0.05) is 0 Å². The molecule has 1 rings (SSSR count). The first-order valence-electron chi connectivity index (χ1n) is 6.92. The summed E-state index contributed by atoms with van der Waals surface area (Å²) in [6.07, 6.45) is -34.1. The Morgan fingerprint density at radius 3 is 0.885 bits per heavy atom. The Morgan fingerprint density at radius 1 is 0.462 bits per heavy atom. The second-order valence-electron chi connectivity index (χ2n) is 6.05. The molecule has 1 fully saturated rings. The Kier molecular flexibility index (Phi) is 5.37. The van der Waals surface area contributed by atoms with Gasteiger partial charge in [0.1, 0.15) is 0 Å². The van der Waals surface area contributed by atoms with Gasteiger partial charge < -0.3 is 10.2 Å². The molecular weight excluding hydrogens is 404 g/mol. The molecule has 0 aliphatic heterocycles. The summed E-state index contributed by atoms with van der Waals surface area (Å²) >= 11 is 0. The topological polar surface area (TPSA) is 40.5 Å². The summed E-state index contributed by atoms with van der Waals surface area (Å²) in [4.78, 5) is 0. The van der Waals surface area contributed by atoms with E-state index in [0.29, 0.717) is 0 Å². The zero-order valence-corrected chi connectivity index (χ0v) is 12.5. The fourth-order valence-corrected chi connectivity index (χ4v) is 3.55. The zero-order valence-electron chi connectivity index (χ0n) is 12.5. The molecule has 26 heavy (non-hydrogen) atoms. The van der Waals surface area contributed by atoms with Crippen LogP contribution in [-0.4, -0.2) is 46.1 Å². The van der Waals surface area contributed by atoms with Crippen LogP contribution in [0.25, 0.3) is 0 Å². The average Bonchev–Trinajstić information content (AvgIpc) is 2.41. The summed E-state index contributed by atoms with van der Waals surface area (Å²) < 4.78 is 157. The van der Waals surface area contributed by atoms with Crippen LogP contribution >= 0.6 is 0 Å². The van der Waals surface area contributed by atoms with Crippen LogP contribution in [0.3, 0.4) is 0 Å². The first-order valence-corrected chi connectivity index (χ1v) is 6.92. The highest BCUT2D eigenvalue weighted by Gasteiger charge is 2.91. The average molecular weight is 416 g/mol. The van der Waals surface area contributed by atoms with E-state index < -0.39 is 67.0 Å². The van der Waals surface area contributed by atoms with E-state index in [2.05, 4.69) is 0 Å². The molecule has 1 aliphatic carbocycles. The van der Waals surface area contributed by atoms with E-state index in [1.165, 1.54) is 0 Å². The molecule has 1 saturated carbocycles. The van der Waals surface area contributed by atoms with Crippen molar-refractivity contribution < 1.29 is 62.9 Å². The van der Waals surface area contributed by atoms with Gasteiger partial charge in [0.05, 0.1) is 5.41 Å². The smallest absolute Gasteiger partial charge is 0.373 e. The molecule has 0 bridgehead atoms. The van der Waals surface area contributed by atoms with Gasteiger partial charge in [-0.2, -0.15) is 52.7 Å². The van der Waals surface area contributed by atoms with Crippen LogP contribution in [0.4, 0.5) is 52.7 Å². The van der Waals surface area contributed by atoms with Gasteiger partial charge in [-0.1, -0.05) is 19.3 Å². The van der Waals surface area contributed by atoms with Gasteiger partial charge in [-0.05, 0) is 12.8 Å². The quantitative estimate of drug-likeness (QED) is 0.644. The highest BCUT2D eigenvalue weighted by atomic mass is 19.4. The lowest BCUT2D eigenvalue weighted by atomic mass is 9.53. The molecule has 0 radical (unpaired) electrons. The Labute approximate surface area is 137 Å². The molecule has 0 saturated heterocycles. The van der Waals surface area contributed by atoms with Crippen molar-refractivity contribution >= 4 is 0 Å². The molecule has 1 aliphatic rings. The minimum absolute atomic E-state index is 0.278. The Hall–Kier alpha value is -0.920. The molecule has 0 unspecified atom stereocenters. The van der Waals surface area contributed by atoms with Gasteiger partial charge in [0.15, 0.2) is 0 Å². The van der Waals surface area contributed by atoms with Crippen molar-refractivity contribution in [2.24, 2.45) is 5.41 Å². The molecular formula is C12H12F12O2. The van der Waals surface area contributed by atoms with E-state index in [0.717, 1.165) is 0 Å². The van der Waals surface area contributed by atoms with Crippen LogP contribution in [-0.2, 0) is 0 Å². The van der Waals surface area contributed by atoms with Crippen molar-refractivity contribution in [1.82, 2.24) is 0 Å². The van der Waals surface area contributed by atoms with E-state index in [9.17, 15) is 62.9 Å². The molecule has 0 amide bonds. The number of hydrogen-bond donors (Lipinski definition) is 2. The lowest BCUT2D eigenvalue weighted by Crippen LogP contribution is -2.80. The normalized spacial score (nSPS) is 21.0. The Morgan fingerprint density at radius 2 is 0.692 bits per heavy atom. The van der Waals surface area contributed by atoms with Crippen molar-refractivity contribution in [2.45, 2.75) is 68.0 Å². The molecule has 0 atom stereocenters. The highest BCUT2D eigenvalue weighted by Crippen LogP contribution is 2.68. The maximum Gasteiger partial charge on any atom is 0.426 e. The molecule has 156 valence electrons. The second kappa shape index (κ2) is 6.04. The number of aliphatic hydroxyl groups is 2. The van der Waals surface area contributed by atoms with E-state index in [1.54, 1.807) is 0 Å². The highest BCUT2D eigenvalue weighted by molar-refractivity contribution is 5.21. The van der Waals surface area contributed by atoms with Gasteiger partial charge in [0.2, 0.25) is 0 Å². The van der Waals surface area contributed by atoms with Gasteiger partial charge in [0.25, 0.3) is 11.2 Å². The molecule has 0 aromatic heterocycles. The third kappa shape index (κ3) is 2.83. The molecule has 0 aromatic carbocycles. The van der Waals surface area contributed by atoms with Gasteiger partial charge >= 0.3 is 24.7 Å². The number of halogens is 12. The zero-order chi connectivity index (χ0) is 21.0. The second-order valence-corrected chi connectivity index (χ2v) is 6.05. The fourth-order valence-electron chi connectivity index (χ4n) is 3.55. The minimum Gasteiger partial charge on any atom is -0.373 e.